The van der Waals surface area contributed by atoms with E-state index in [2.05, 4.69) is 17.1 Å². The minimum absolute atomic E-state index is 0.271. The summed E-state index contributed by atoms with van der Waals surface area (Å²) in [5, 5.41) is 12.6. The normalized spacial score (nSPS) is 37.4. The van der Waals surface area contributed by atoms with Crippen LogP contribution in [0, 0.1) is 0 Å². The molecule has 2 fully saturated rings. The van der Waals surface area contributed by atoms with Gasteiger partial charge in [-0.05, 0) is 32.7 Å². The molecule has 2 atom stereocenters. The van der Waals surface area contributed by atoms with Gasteiger partial charge in [0, 0.05) is 24.7 Å². The Morgan fingerprint density at radius 3 is 2.77 bits per heavy atom. The van der Waals surface area contributed by atoms with E-state index in [0.717, 1.165) is 12.6 Å². The molecule has 0 aromatic carbocycles. The van der Waals surface area contributed by atoms with Crippen LogP contribution in [0.25, 0.3) is 0 Å². The van der Waals surface area contributed by atoms with E-state index in [4.69, 9.17) is 5.11 Å². The number of hydrogen-bond donors (Lipinski definition) is 2. The van der Waals surface area contributed by atoms with Crippen molar-refractivity contribution in [1.82, 2.24) is 10.2 Å². The van der Waals surface area contributed by atoms with Gasteiger partial charge in [0.2, 0.25) is 0 Å². The van der Waals surface area contributed by atoms with Gasteiger partial charge < -0.3 is 10.4 Å². The number of aliphatic hydroxyl groups is 1. The zero-order valence-electron chi connectivity index (χ0n) is 8.37. The third-order valence-electron chi connectivity index (χ3n) is 3.11. The van der Waals surface area contributed by atoms with Crippen LogP contribution >= 0.6 is 0 Å². The molecule has 0 spiro atoms. The Hall–Kier alpha value is -0.120. The summed E-state index contributed by atoms with van der Waals surface area (Å²) in [6, 6.07) is 1.68. The van der Waals surface area contributed by atoms with Gasteiger partial charge in [-0.1, -0.05) is 0 Å². The zero-order chi connectivity index (χ0) is 9.26. The van der Waals surface area contributed by atoms with E-state index in [9.17, 15) is 0 Å². The first-order valence-corrected chi connectivity index (χ1v) is 5.40. The average Bonchev–Trinajstić information content (AvgIpc) is 2.90. The minimum atomic E-state index is 0.271. The van der Waals surface area contributed by atoms with Crippen LogP contribution in [0.1, 0.15) is 26.2 Å². The van der Waals surface area contributed by atoms with Gasteiger partial charge in [0.1, 0.15) is 0 Å². The molecule has 1 aliphatic carbocycles. The Balaban J connectivity index is 1.91. The van der Waals surface area contributed by atoms with Gasteiger partial charge in [0.05, 0.1) is 6.61 Å². The summed E-state index contributed by atoms with van der Waals surface area (Å²) in [5.41, 5.74) is 0. The maximum atomic E-state index is 9.16. The van der Waals surface area contributed by atoms with Gasteiger partial charge in [-0.2, -0.15) is 0 Å². The van der Waals surface area contributed by atoms with Crippen molar-refractivity contribution < 1.29 is 5.11 Å². The predicted molar refractivity (Wildman–Crippen MR) is 52.7 cm³/mol. The first-order chi connectivity index (χ1) is 6.29. The van der Waals surface area contributed by atoms with Crippen molar-refractivity contribution >= 4 is 0 Å². The van der Waals surface area contributed by atoms with Gasteiger partial charge in [-0.3, -0.25) is 4.90 Å². The summed E-state index contributed by atoms with van der Waals surface area (Å²) < 4.78 is 0. The molecule has 3 nitrogen and oxygen atoms in total. The Labute approximate surface area is 80.1 Å². The molecule has 1 saturated carbocycles. The number of hydrogen-bond acceptors (Lipinski definition) is 3. The Kier molecular flexibility index (Phi) is 2.86. The van der Waals surface area contributed by atoms with Crippen LogP contribution in [0.15, 0.2) is 0 Å². The summed E-state index contributed by atoms with van der Waals surface area (Å²) >= 11 is 0. The standard InChI is InChI=1S/C10H20N2O/c1-8-4-5-12(10-2-3-10)6-9(7-13)11-8/h8-11,13H,2-7H2,1H3. The lowest BCUT2D eigenvalue weighted by Gasteiger charge is -2.22. The second kappa shape index (κ2) is 3.95. The number of aliphatic hydroxyl groups excluding tert-OH is 1. The lowest BCUT2D eigenvalue weighted by Crippen LogP contribution is -2.43. The zero-order valence-corrected chi connectivity index (χ0v) is 8.37. The quantitative estimate of drug-likeness (QED) is 0.643. The highest BCUT2D eigenvalue weighted by Crippen LogP contribution is 2.27. The maximum Gasteiger partial charge on any atom is 0.0597 e. The molecular weight excluding hydrogens is 164 g/mol. The van der Waals surface area contributed by atoms with Crippen LogP contribution in [0.3, 0.4) is 0 Å². The van der Waals surface area contributed by atoms with E-state index in [1.807, 2.05) is 0 Å². The smallest absolute Gasteiger partial charge is 0.0597 e. The SMILES string of the molecule is CC1CCN(C2CC2)CC(CO)N1. The summed E-state index contributed by atoms with van der Waals surface area (Å²) in [4.78, 5) is 2.54. The number of nitrogens with one attached hydrogen (secondary N) is 1. The van der Waals surface area contributed by atoms with Crippen molar-refractivity contribution in [3.05, 3.63) is 0 Å². The molecule has 3 heteroatoms. The van der Waals surface area contributed by atoms with Gasteiger partial charge in [-0.15, -0.1) is 0 Å². The summed E-state index contributed by atoms with van der Waals surface area (Å²) in [7, 11) is 0. The van der Waals surface area contributed by atoms with Crippen LogP contribution in [0.2, 0.25) is 0 Å². The van der Waals surface area contributed by atoms with E-state index < -0.39 is 0 Å². The fourth-order valence-electron chi connectivity index (χ4n) is 2.15. The molecule has 1 aliphatic heterocycles. The Bertz CT molecular complexity index is 170. The molecule has 0 aromatic rings. The molecule has 76 valence electrons. The first kappa shape index (κ1) is 9.44. The van der Waals surface area contributed by atoms with E-state index >= 15 is 0 Å². The highest BCUT2D eigenvalue weighted by Gasteiger charge is 2.32. The first-order valence-electron chi connectivity index (χ1n) is 5.40. The fraction of sp³-hybridized carbons (Fsp3) is 1.00. The largest absolute Gasteiger partial charge is 0.395 e. The van der Waals surface area contributed by atoms with Crippen LogP contribution < -0.4 is 5.32 Å². The molecule has 1 heterocycles. The summed E-state index contributed by atoms with van der Waals surface area (Å²) in [6.45, 7) is 4.72. The molecule has 2 N–H and O–H groups in total. The van der Waals surface area contributed by atoms with Gasteiger partial charge in [0.25, 0.3) is 0 Å². The van der Waals surface area contributed by atoms with Gasteiger partial charge >= 0.3 is 0 Å². The third kappa shape index (κ3) is 2.42. The molecule has 0 aromatic heterocycles. The second-order valence-electron chi connectivity index (χ2n) is 4.46. The average molecular weight is 184 g/mol. The van der Waals surface area contributed by atoms with E-state index in [1.54, 1.807) is 0 Å². The Morgan fingerprint density at radius 1 is 1.38 bits per heavy atom. The van der Waals surface area contributed by atoms with E-state index in [0.29, 0.717) is 6.04 Å². The van der Waals surface area contributed by atoms with Crippen molar-refractivity contribution in [2.24, 2.45) is 0 Å². The van der Waals surface area contributed by atoms with Crippen LogP contribution in [-0.2, 0) is 0 Å². The van der Waals surface area contributed by atoms with Crippen LogP contribution in [-0.4, -0.2) is 47.8 Å². The van der Waals surface area contributed by atoms with Crippen molar-refractivity contribution in [2.75, 3.05) is 19.7 Å². The molecule has 2 unspecified atom stereocenters. The highest BCUT2D eigenvalue weighted by atomic mass is 16.3. The highest BCUT2D eigenvalue weighted by molar-refractivity contribution is 4.90. The maximum absolute atomic E-state index is 9.16. The van der Waals surface area contributed by atoms with Gasteiger partial charge in [0.15, 0.2) is 0 Å². The second-order valence-corrected chi connectivity index (χ2v) is 4.46. The van der Waals surface area contributed by atoms with Crippen LogP contribution in [0.5, 0.6) is 0 Å². The summed E-state index contributed by atoms with van der Waals surface area (Å²) in [5.74, 6) is 0. The monoisotopic (exact) mass is 184 g/mol. The molecular formula is C10H20N2O. The Morgan fingerprint density at radius 2 is 2.15 bits per heavy atom. The van der Waals surface area contributed by atoms with Crippen molar-refractivity contribution in [2.45, 2.75) is 44.3 Å². The van der Waals surface area contributed by atoms with Crippen molar-refractivity contribution in [3.8, 4) is 0 Å². The van der Waals surface area contributed by atoms with Crippen LogP contribution in [0.4, 0.5) is 0 Å². The van der Waals surface area contributed by atoms with E-state index in [-0.39, 0.29) is 12.6 Å². The van der Waals surface area contributed by atoms with Gasteiger partial charge in [-0.25, -0.2) is 0 Å². The molecule has 0 bridgehead atoms. The van der Waals surface area contributed by atoms with Crippen molar-refractivity contribution in [1.29, 1.82) is 0 Å². The third-order valence-corrected chi connectivity index (χ3v) is 3.11. The number of rotatable bonds is 2. The topological polar surface area (TPSA) is 35.5 Å². The lowest BCUT2D eigenvalue weighted by atomic mass is 10.2. The van der Waals surface area contributed by atoms with E-state index in [1.165, 1.54) is 25.8 Å². The molecule has 2 rings (SSSR count). The molecule has 1 saturated heterocycles. The minimum Gasteiger partial charge on any atom is -0.395 e. The summed E-state index contributed by atoms with van der Waals surface area (Å²) in [6.07, 6.45) is 3.95. The number of nitrogens with zero attached hydrogens (tertiary/aromatic N) is 1. The predicted octanol–water partition coefficient (Wildman–Crippen LogP) is 0.193. The molecule has 2 aliphatic rings. The lowest BCUT2D eigenvalue weighted by molar-refractivity contribution is 0.194. The fourth-order valence-corrected chi connectivity index (χ4v) is 2.15. The molecule has 0 amide bonds. The molecule has 13 heavy (non-hydrogen) atoms. The van der Waals surface area contributed by atoms with Crippen molar-refractivity contribution in [3.63, 3.8) is 0 Å². The molecule has 0 radical (unpaired) electrons.